The van der Waals surface area contributed by atoms with Gasteiger partial charge in [-0.15, -0.1) is 0 Å². The van der Waals surface area contributed by atoms with E-state index in [1.165, 1.54) is 48.5 Å². The molecule has 8 heteroatoms. The molecule has 162 valence electrons. The third-order valence-electron chi connectivity index (χ3n) is 5.54. The molecule has 1 saturated carbocycles. The second kappa shape index (κ2) is 8.91. The zero-order valence-corrected chi connectivity index (χ0v) is 16.5. The van der Waals surface area contributed by atoms with Gasteiger partial charge in [-0.2, -0.15) is 0 Å². The molecule has 0 aliphatic heterocycles. The van der Waals surface area contributed by atoms with Gasteiger partial charge < -0.3 is 10.6 Å². The maximum absolute atomic E-state index is 13.7. The molecule has 4 rings (SSSR count). The Balaban J connectivity index is 1.42. The Morgan fingerprint density at radius 2 is 1.55 bits per heavy atom. The van der Waals surface area contributed by atoms with Crippen LogP contribution in [0, 0.1) is 11.6 Å². The molecule has 1 fully saturated rings. The molecule has 4 nitrogen and oxygen atoms in total. The van der Waals surface area contributed by atoms with Gasteiger partial charge in [0.25, 0.3) is 12.3 Å². The number of rotatable bonds is 5. The van der Waals surface area contributed by atoms with Crippen molar-refractivity contribution in [2.45, 2.75) is 44.2 Å². The second-order valence-corrected chi connectivity index (χ2v) is 7.73. The molecular formula is C23H21F4N3O. The van der Waals surface area contributed by atoms with Crippen molar-refractivity contribution in [3.8, 4) is 0 Å². The van der Waals surface area contributed by atoms with Crippen molar-refractivity contribution in [1.29, 1.82) is 0 Å². The van der Waals surface area contributed by atoms with Crippen molar-refractivity contribution in [3.63, 3.8) is 0 Å². The summed E-state index contributed by atoms with van der Waals surface area (Å²) < 4.78 is 53.2. The van der Waals surface area contributed by atoms with Crippen molar-refractivity contribution >= 4 is 22.5 Å². The number of fused-ring (bicyclic) bond motifs is 1. The molecule has 1 heterocycles. The number of benzene rings is 2. The van der Waals surface area contributed by atoms with E-state index in [1.54, 1.807) is 0 Å². The molecule has 0 radical (unpaired) electrons. The van der Waals surface area contributed by atoms with Gasteiger partial charge in [-0.1, -0.05) is 0 Å². The van der Waals surface area contributed by atoms with Crippen LogP contribution in [0.1, 0.15) is 48.2 Å². The number of pyridine rings is 1. The first kappa shape index (κ1) is 21.1. The highest BCUT2D eigenvalue weighted by Crippen LogP contribution is 2.31. The van der Waals surface area contributed by atoms with Crippen molar-refractivity contribution in [2.24, 2.45) is 0 Å². The number of aromatic nitrogens is 1. The number of anilines is 1. The van der Waals surface area contributed by atoms with Gasteiger partial charge in [0.1, 0.15) is 17.3 Å². The van der Waals surface area contributed by atoms with Crippen molar-refractivity contribution in [2.75, 3.05) is 5.32 Å². The fourth-order valence-corrected chi connectivity index (χ4v) is 3.92. The minimum absolute atomic E-state index is 0.00152. The van der Waals surface area contributed by atoms with E-state index in [2.05, 4.69) is 15.6 Å². The van der Waals surface area contributed by atoms with Crippen LogP contribution in [0.15, 0.2) is 48.5 Å². The first-order valence-electron chi connectivity index (χ1n) is 10.1. The van der Waals surface area contributed by atoms with E-state index in [-0.39, 0.29) is 23.7 Å². The van der Waals surface area contributed by atoms with Crippen LogP contribution >= 0.6 is 0 Å². The van der Waals surface area contributed by atoms with Crippen LogP contribution in [0.2, 0.25) is 0 Å². The van der Waals surface area contributed by atoms with E-state index >= 15 is 0 Å². The van der Waals surface area contributed by atoms with Gasteiger partial charge in [0.05, 0.1) is 5.52 Å². The highest BCUT2D eigenvalue weighted by atomic mass is 19.3. The van der Waals surface area contributed by atoms with Gasteiger partial charge in [0.2, 0.25) is 0 Å². The van der Waals surface area contributed by atoms with Crippen LogP contribution in [0.3, 0.4) is 0 Å². The summed E-state index contributed by atoms with van der Waals surface area (Å²) in [4.78, 5) is 16.2. The molecular weight excluding hydrogens is 410 g/mol. The number of nitrogens with one attached hydrogen (secondary N) is 2. The van der Waals surface area contributed by atoms with Gasteiger partial charge in [0, 0.05) is 28.7 Å². The number of halogens is 4. The molecule has 0 saturated heterocycles. The molecule has 0 spiro atoms. The predicted molar refractivity (Wildman–Crippen MR) is 110 cm³/mol. The van der Waals surface area contributed by atoms with E-state index in [1.807, 2.05) is 0 Å². The van der Waals surface area contributed by atoms with Crippen molar-refractivity contribution in [1.82, 2.24) is 10.3 Å². The van der Waals surface area contributed by atoms with Crippen LogP contribution in [0.5, 0.6) is 0 Å². The monoisotopic (exact) mass is 431 g/mol. The number of nitrogens with zero attached hydrogens (tertiary/aromatic N) is 1. The van der Waals surface area contributed by atoms with Crippen molar-refractivity contribution < 1.29 is 22.4 Å². The van der Waals surface area contributed by atoms with Crippen molar-refractivity contribution in [3.05, 3.63) is 71.4 Å². The van der Waals surface area contributed by atoms with Gasteiger partial charge in [0.15, 0.2) is 0 Å². The average Bonchev–Trinajstić information content (AvgIpc) is 2.75. The molecule has 3 aromatic rings. The van der Waals surface area contributed by atoms with E-state index in [0.29, 0.717) is 47.8 Å². The Morgan fingerprint density at radius 3 is 2.23 bits per heavy atom. The highest BCUT2D eigenvalue weighted by Gasteiger charge is 2.24. The van der Waals surface area contributed by atoms with Gasteiger partial charge >= 0.3 is 0 Å². The Morgan fingerprint density at radius 1 is 0.903 bits per heavy atom. The molecule has 1 aromatic heterocycles. The largest absolute Gasteiger partial charge is 0.382 e. The lowest BCUT2D eigenvalue weighted by Gasteiger charge is -2.30. The number of carbonyl (C=O) groups is 1. The van der Waals surface area contributed by atoms with Crippen LogP contribution in [0.4, 0.5) is 23.2 Å². The second-order valence-electron chi connectivity index (χ2n) is 7.73. The molecule has 0 atom stereocenters. The first-order chi connectivity index (χ1) is 14.9. The predicted octanol–water partition coefficient (Wildman–Crippen LogP) is 5.60. The molecule has 0 bridgehead atoms. The maximum Gasteiger partial charge on any atom is 0.280 e. The third kappa shape index (κ3) is 4.95. The molecule has 2 N–H and O–H groups in total. The van der Waals surface area contributed by atoms with Crippen LogP contribution in [-0.4, -0.2) is 23.0 Å². The Hall–Kier alpha value is -3.16. The molecule has 1 aliphatic carbocycles. The van der Waals surface area contributed by atoms with Gasteiger partial charge in [-0.05, 0) is 74.2 Å². The number of alkyl halides is 2. The number of amides is 1. The summed E-state index contributed by atoms with van der Waals surface area (Å²) in [6.45, 7) is 0. The fraction of sp³-hybridized carbons (Fsp3) is 0.304. The summed E-state index contributed by atoms with van der Waals surface area (Å²) in [5.41, 5.74) is 0.772. The first-order valence-corrected chi connectivity index (χ1v) is 10.1. The maximum atomic E-state index is 13.7. The Bertz CT molecular complexity index is 1080. The zero-order valence-electron chi connectivity index (χ0n) is 16.5. The van der Waals surface area contributed by atoms with Crippen LogP contribution in [0.25, 0.3) is 10.9 Å². The van der Waals surface area contributed by atoms with E-state index in [0.717, 1.165) is 0 Å². The summed E-state index contributed by atoms with van der Waals surface area (Å²) in [6, 6.07) is 10.5. The van der Waals surface area contributed by atoms with Crippen LogP contribution in [-0.2, 0) is 0 Å². The summed E-state index contributed by atoms with van der Waals surface area (Å²) in [5, 5.41) is 6.67. The smallest absolute Gasteiger partial charge is 0.280 e. The fourth-order valence-electron chi connectivity index (χ4n) is 3.92. The zero-order chi connectivity index (χ0) is 22.0. The Labute approximate surface area is 176 Å². The number of carbonyl (C=O) groups excluding carboxylic acids is 1. The number of hydrogen-bond donors (Lipinski definition) is 2. The molecule has 2 aromatic carbocycles. The van der Waals surface area contributed by atoms with Gasteiger partial charge in [-0.3, -0.25) is 4.79 Å². The molecule has 0 unspecified atom stereocenters. The van der Waals surface area contributed by atoms with E-state index < -0.39 is 18.1 Å². The highest BCUT2D eigenvalue weighted by molar-refractivity contribution is 5.94. The topological polar surface area (TPSA) is 54.0 Å². The average molecular weight is 431 g/mol. The summed E-state index contributed by atoms with van der Waals surface area (Å²) >= 11 is 0. The Kier molecular flexibility index (Phi) is 6.06. The van der Waals surface area contributed by atoms with Gasteiger partial charge in [-0.25, -0.2) is 22.5 Å². The normalized spacial score (nSPS) is 18.9. The van der Waals surface area contributed by atoms with E-state index in [9.17, 15) is 22.4 Å². The van der Waals surface area contributed by atoms with Crippen LogP contribution < -0.4 is 10.6 Å². The quantitative estimate of drug-likeness (QED) is 0.517. The lowest BCUT2D eigenvalue weighted by Crippen LogP contribution is -2.40. The molecule has 1 aliphatic rings. The third-order valence-corrected chi connectivity index (χ3v) is 5.54. The number of hydrogen-bond acceptors (Lipinski definition) is 3. The minimum atomic E-state index is -2.73. The SMILES string of the molecule is O=C(N[C@H]1CC[C@@H](Nc2cc(C(F)F)nc3ccc(F)cc23)CC1)c1ccc(F)cc1. The van der Waals surface area contributed by atoms with E-state index in [4.69, 9.17) is 0 Å². The summed E-state index contributed by atoms with van der Waals surface area (Å²) in [6.07, 6.45) is 0.0787. The summed E-state index contributed by atoms with van der Waals surface area (Å²) in [5.74, 6) is -1.12. The summed E-state index contributed by atoms with van der Waals surface area (Å²) in [7, 11) is 0. The molecule has 1 amide bonds. The lowest BCUT2D eigenvalue weighted by molar-refractivity contribution is 0.0926. The standard InChI is InChI=1S/C23H21F4N3O/c24-14-3-1-13(2-4-14)23(31)29-17-8-6-16(7-9-17)28-20-12-21(22(26)27)30-19-10-5-15(25)11-18(19)20/h1-5,10-12,16-17,22H,6-9H2,(H,28,30)(H,29,31)/t16-,17+. The lowest BCUT2D eigenvalue weighted by atomic mass is 9.90. The molecule has 31 heavy (non-hydrogen) atoms. The minimum Gasteiger partial charge on any atom is -0.382 e.